The van der Waals surface area contributed by atoms with Crippen LogP contribution in [0.2, 0.25) is 0 Å². The first kappa shape index (κ1) is 22.6. The minimum absolute atomic E-state index is 0.106. The standard InChI is InChI=1S/C15H29N5O5/c1-8(2)7-10(16)13(22)19-9(3)12(21)20-11(14(23)24)5-4-6-18-15(17)25/h8-11H,4-7,16H2,1-3H3,(H,19,22)(H,20,21)(H,23,24)(H3,17,18,25)/t9-,10+,11-/m0/s1. The molecule has 0 fully saturated rings. The summed E-state index contributed by atoms with van der Waals surface area (Å²) in [6.45, 7) is 5.50. The average molecular weight is 359 g/mol. The monoisotopic (exact) mass is 359 g/mol. The molecule has 10 heteroatoms. The minimum Gasteiger partial charge on any atom is -0.480 e. The molecule has 0 aromatic carbocycles. The van der Waals surface area contributed by atoms with Gasteiger partial charge in [0.05, 0.1) is 6.04 Å². The fourth-order valence-electron chi connectivity index (χ4n) is 2.07. The van der Waals surface area contributed by atoms with E-state index < -0.39 is 41.9 Å². The van der Waals surface area contributed by atoms with Gasteiger partial charge in [0.15, 0.2) is 0 Å². The normalized spacial score (nSPS) is 14.3. The van der Waals surface area contributed by atoms with Gasteiger partial charge in [-0.05, 0) is 32.1 Å². The third-order valence-electron chi connectivity index (χ3n) is 3.40. The number of primary amides is 1. The van der Waals surface area contributed by atoms with Crippen LogP contribution < -0.4 is 27.4 Å². The zero-order chi connectivity index (χ0) is 19.6. The van der Waals surface area contributed by atoms with Crippen LogP contribution in [-0.4, -0.2) is 53.6 Å². The number of nitrogens with one attached hydrogen (secondary N) is 3. The van der Waals surface area contributed by atoms with Gasteiger partial charge in [0.2, 0.25) is 11.8 Å². The van der Waals surface area contributed by atoms with Crippen molar-refractivity contribution in [3.8, 4) is 0 Å². The fourth-order valence-corrected chi connectivity index (χ4v) is 2.07. The molecule has 0 aliphatic rings. The van der Waals surface area contributed by atoms with Crippen LogP contribution in [0.3, 0.4) is 0 Å². The topological polar surface area (TPSA) is 177 Å². The second-order valence-electron chi connectivity index (χ2n) is 6.30. The van der Waals surface area contributed by atoms with Gasteiger partial charge in [0.25, 0.3) is 0 Å². The molecule has 0 aromatic heterocycles. The van der Waals surface area contributed by atoms with Crippen molar-refractivity contribution in [3.05, 3.63) is 0 Å². The van der Waals surface area contributed by atoms with Crippen LogP contribution in [0.1, 0.15) is 40.0 Å². The van der Waals surface area contributed by atoms with Gasteiger partial charge in [-0.3, -0.25) is 9.59 Å². The molecule has 0 aliphatic carbocycles. The average Bonchev–Trinajstić information content (AvgIpc) is 2.48. The number of urea groups is 1. The van der Waals surface area contributed by atoms with E-state index in [0.29, 0.717) is 12.8 Å². The second kappa shape index (κ2) is 11.2. The predicted octanol–water partition coefficient (Wildman–Crippen LogP) is -1.12. The smallest absolute Gasteiger partial charge is 0.326 e. The third-order valence-corrected chi connectivity index (χ3v) is 3.40. The maximum absolute atomic E-state index is 12.1. The molecule has 10 nitrogen and oxygen atoms in total. The first-order chi connectivity index (χ1) is 11.5. The Labute approximate surface area is 147 Å². The van der Waals surface area contributed by atoms with Crippen molar-refractivity contribution in [1.82, 2.24) is 16.0 Å². The maximum Gasteiger partial charge on any atom is 0.326 e. The zero-order valence-electron chi connectivity index (χ0n) is 14.9. The SMILES string of the molecule is CC(C)C[C@@H](N)C(=O)N[C@@H](C)C(=O)N[C@@H](CCCNC(N)=O)C(=O)O. The van der Waals surface area contributed by atoms with E-state index in [1.807, 2.05) is 13.8 Å². The lowest BCUT2D eigenvalue weighted by molar-refractivity contribution is -0.142. The number of hydrogen-bond acceptors (Lipinski definition) is 5. The Morgan fingerprint density at radius 1 is 1.04 bits per heavy atom. The van der Waals surface area contributed by atoms with E-state index in [4.69, 9.17) is 16.6 Å². The Bertz CT molecular complexity index is 483. The second-order valence-corrected chi connectivity index (χ2v) is 6.30. The summed E-state index contributed by atoms with van der Waals surface area (Å²) in [6.07, 6.45) is 0.903. The summed E-state index contributed by atoms with van der Waals surface area (Å²) in [6, 6.07) is -3.49. The molecule has 144 valence electrons. The van der Waals surface area contributed by atoms with Crippen molar-refractivity contribution in [2.75, 3.05) is 6.54 Å². The van der Waals surface area contributed by atoms with Crippen LogP contribution in [0.5, 0.6) is 0 Å². The first-order valence-electron chi connectivity index (χ1n) is 8.17. The molecule has 0 spiro atoms. The number of hydrogen-bond donors (Lipinski definition) is 6. The summed E-state index contributed by atoms with van der Waals surface area (Å²) in [5, 5.41) is 16.3. The molecule has 8 N–H and O–H groups in total. The Morgan fingerprint density at radius 2 is 1.64 bits per heavy atom. The van der Waals surface area contributed by atoms with Crippen molar-refractivity contribution < 1.29 is 24.3 Å². The Hall–Kier alpha value is -2.36. The van der Waals surface area contributed by atoms with Crippen molar-refractivity contribution in [2.24, 2.45) is 17.4 Å². The summed E-state index contributed by atoms with van der Waals surface area (Å²) in [5.74, 6) is -2.06. The van der Waals surface area contributed by atoms with Gasteiger partial charge in [0.1, 0.15) is 12.1 Å². The van der Waals surface area contributed by atoms with Crippen molar-refractivity contribution in [1.29, 1.82) is 0 Å². The Kier molecular flexibility index (Phi) is 10.2. The number of carbonyl (C=O) groups excluding carboxylic acids is 3. The molecule has 0 aliphatic heterocycles. The van der Waals surface area contributed by atoms with E-state index in [0.717, 1.165) is 0 Å². The molecule has 0 heterocycles. The van der Waals surface area contributed by atoms with Crippen LogP contribution in [-0.2, 0) is 14.4 Å². The Balaban J connectivity index is 4.45. The lowest BCUT2D eigenvalue weighted by Crippen LogP contribution is -2.53. The van der Waals surface area contributed by atoms with Crippen LogP contribution >= 0.6 is 0 Å². The van der Waals surface area contributed by atoms with E-state index in [-0.39, 0.29) is 18.9 Å². The molecule has 3 atom stereocenters. The number of carboxylic acid groups (broad SMARTS) is 1. The summed E-state index contributed by atoms with van der Waals surface area (Å²) < 4.78 is 0. The van der Waals surface area contributed by atoms with Crippen molar-refractivity contribution in [3.63, 3.8) is 0 Å². The third kappa shape index (κ3) is 10.2. The van der Waals surface area contributed by atoms with E-state index in [1.54, 1.807) is 0 Å². The molecule has 0 unspecified atom stereocenters. The van der Waals surface area contributed by atoms with Gasteiger partial charge in [-0.2, -0.15) is 0 Å². The molecule has 0 bridgehead atoms. The predicted molar refractivity (Wildman–Crippen MR) is 91.4 cm³/mol. The molecule has 4 amide bonds. The van der Waals surface area contributed by atoms with Crippen molar-refractivity contribution in [2.45, 2.75) is 58.2 Å². The molecular formula is C15H29N5O5. The molecule has 0 saturated heterocycles. The van der Waals surface area contributed by atoms with Crippen LogP contribution in [0, 0.1) is 5.92 Å². The number of aliphatic carboxylic acids is 1. The number of carboxylic acids is 1. The molecule has 0 aromatic rings. The molecule has 0 saturated carbocycles. The lowest BCUT2D eigenvalue weighted by atomic mass is 10.0. The number of rotatable bonds is 11. The number of amides is 4. The van der Waals surface area contributed by atoms with Crippen LogP contribution in [0.4, 0.5) is 4.79 Å². The number of carbonyl (C=O) groups is 4. The zero-order valence-corrected chi connectivity index (χ0v) is 14.9. The summed E-state index contributed by atoms with van der Waals surface area (Å²) in [4.78, 5) is 45.7. The van der Waals surface area contributed by atoms with E-state index in [2.05, 4.69) is 16.0 Å². The summed E-state index contributed by atoms with van der Waals surface area (Å²) in [7, 11) is 0. The fraction of sp³-hybridized carbons (Fsp3) is 0.733. The van der Waals surface area contributed by atoms with Crippen molar-refractivity contribution >= 4 is 23.8 Å². The summed E-state index contributed by atoms with van der Waals surface area (Å²) >= 11 is 0. The van der Waals surface area contributed by atoms with E-state index in [9.17, 15) is 19.2 Å². The maximum atomic E-state index is 12.1. The van der Waals surface area contributed by atoms with Gasteiger partial charge < -0.3 is 32.5 Å². The van der Waals surface area contributed by atoms with Gasteiger partial charge in [0, 0.05) is 6.54 Å². The molecule has 0 rings (SSSR count). The quantitative estimate of drug-likeness (QED) is 0.254. The molecule has 0 radical (unpaired) electrons. The van der Waals surface area contributed by atoms with Gasteiger partial charge >= 0.3 is 12.0 Å². The minimum atomic E-state index is -1.21. The van der Waals surface area contributed by atoms with E-state index in [1.165, 1.54) is 6.92 Å². The molecule has 25 heavy (non-hydrogen) atoms. The van der Waals surface area contributed by atoms with Gasteiger partial charge in [-0.25, -0.2) is 9.59 Å². The first-order valence-corrected chi connectivity index (χ1v) is 8.17. The summed E-state index contributed by atoms with van der Waals surface area (Å²) in [5.41, 5.74) is 10.6. The molecular weight excluding hydrogens is 330 g/mol. The van der Waals surface area contributed by atoms with Crippen LogP contribution in [0.25, 0.3) is 0 Å². The highest BCUT2D eigenvalue weighted by atomic mass is 16.4. The lowest BCUT2D eigenvalue weighted by Gasteiger charge is -2.20. The highest BCUT2D eigenvalue weighted by molar-refractivity contribution is 5.91. The van der Waals surface area contributed by atoms with Gasteiger partial charge in [-0.1, -0.05) is 13.8 Å². The highest BCUT2D eigenvalue weighted by Gasteiger charge is 2.25. The highest BCUT2D eigenvalue weighted by Crippen LogP contribution is 2.03. The van der Waals surface area contributed by atoms with E-state index >= 15 is 0 Å². The van der Waals surface area contributed by atoms with Crippen LogP contribution in [0.15, 0.2) is 0 Å². The Morgan fingerprint density at radius 3 is 2.12 bits per heavy atom. The van der Waals surface area contributed by atoms with Gasteiger partial charge in [-0.15, -0.1) is 0 Å². The largest absolute Gasteiger partial charge is 0.480 e. The number of nitrogens with two attached hydrogens (primary N) is 2.